The average molecular weight is 279 g/mol. The molecule has 1 aromatic heterocycles. The number of hydrogen-bond donors (Lipinski definition) is 2. The first kappa shape index (κ1) is 14.0. The molecular weight excluding hydrogens is 258 g/mol. The third-order valence-corrected chi connectivity index (χ3v) is 3.70. The van der Waals surface area contributed by atoms with Gasteiger partial charge in [-0.05, 0) is 45.3 Å². The molecule has 1 aliphatic rings. The molecule has 1 aliphatic heterocycles. The molecule has 5 nitrogen and oxygen atoms in total. The molecule has 2 N–H and O–H groups in total. The van der Waals surface area contributed by atoms with Crippen molar-refractivity contribution in [2.75, 3.05) is 23.8 Å². The summed E-state index contributed by atoms with van der Waals surface area (Å²) >= 11 is 5.09. The van der Waals surface area contributed by atoms with E-state index in [1.807, 2.05) is 13.0 Å². The second-order valence-corrected chi connectivity index (χ2v) is 5.34. The normalized spacial score (nSPS) is 19.1. The van der Waals surface area contributed by atoms with Crippen LogP contribution < -0.4 is 15.5 Å². The Morgan fingerprint density at radius 2 is 2.21 bits per heavy atom. The molecule has 0 bridgehead atoms. The number of nitrogens with zero attached hydrogens (tertiary/aromatic N) is 3. The Balaban J connectivity index is 2.22. The average Bonchev–Trinajstić information content (AvgIpc) is 2.38. The first-order valence-electron chi connectivity index (χ1n) is 6.71. The fourth-order valence-electron chi connectivity index (χ4n) is 2.36. The second kappa shape index (κ2) is 6.14. The van der Waals surface area contributed by atoms with E-state index in [1.54, 1.807) is 7.05 Å². The maximum absolute atomic E-state index is 5.09. The molecule has 0 radical (unpaired) electrons. The zero-order valence-corrected chi connectivity index (χ0v) is 12.5. The molecular formula is C13H21N5S. The minimum atomic E-state index is 0.531. The van der Waals surface area contributed by atoms with E-state index >= 15 is 0 Å². The Morgan fingerprint density at radius 3 is 2.89 bits per heavy atom. The summed E-state index contributed by atoms with van der Waals surface area (Å²) in [6.45, 7) is 5.29. The number of thiocarbonyl (C=S) groups is 1. The Morgan fingerprint density at radius 1 is 1.42 bits per heavy atom. The number of hydrogen-bond acceptors (Lipinski definition) is 4. The molecule has 19 heavy (non-hydrogen) atoms. The highest BCUT2D eigenvalue weighted by Crippen LogP contribution is 2.24. The number of aryl methyl sites for hydroxylation is 1. The highest BCUT2D eigenvalue weighted by atomic mass is 32.1. The van der Waals surface area contributed by atoms with E-state index in [1.165, 1.54) is 19.3 Å². The van der Waals surface area contributed by atoms with Gasteiger partial charge in [-0.25, -0.2) is 4.98 Å². The Kier molecular flexibility index (Phi) is 4.52. The van der Waals surface area contributed by atoms with Crippen molar-refractivity contribution >= 4 is 29.1 Å². The Hall–Kier alpha value is -1.43. The summed E-state index contributed by atoms with van der Waals surface area (Å²) in [5.74, 6) is 1.55. The van der Waals surface area contributed by atoms with Gasteiger partial charge in [0.1, 0.15) is 5.82 Å². The maximum Gasteiger partial charge on any atom is 0.231 e. The molecule has 0 spiro atoms. The van der Waals surface area contributed by atoms with Crippen molar-refractivity contribution in [2.24, 2.45) is 0 Å². The lowest BCUT2D eigenvalue weighted by atomic mass is 10.0. The van der Waals surface area contributed by atoms with Gasteiger partial charge in [-0.15, -0.1) is 0 Å². The van der Waals surface area contributed by atoms with Crippen LogP contribution in [0.1, 0.15) is 31.9 Å². The van der Waals surface area contributed by atoms with Crippen LogP contribution >= 0.6 is 12.2 Å². The summed E-state index contributed by atoms with van der Waals surface area (Å²) in [6, 6.07) is 2.57. The number of anilines is 2. The third-order valence-electron chi connectivity index (χ3n) is 3.39. The standard InChI is InChI=1S/C13H21N5S/c1-9-8-11(18-7-5-4-6-10(18)2)16-12(15-9)17-13(19)14-3/h8,10H,4-7H2,1-3H3,(H2,14,15,16,17,19)/t10-/m0/s1. The van der Waals surface area contributed by atoms with Crippen LogP contribution in [0.2, 0.25) is 0 Å². The lowest BCUT2D eigenvalue weighted by Gasteiger charge is -2.34. The molecule has 104 valence electrons. The minimum absolute atomic E-state index is 0.531. The summed E-state index contributed by atoms with van der Waals surface area (Å²) in [7, 11) is 1.78. The van der Waals surface area contributed by atoms with E-state index in [4.69, 9.17) is 12.2 Å². The number of rotatable bonds is 2. The number of nitrogens with one attached hydrogen (secondary N) is 2. The summed E-state index contributed by atoms with van der Waals surface area (Å²) in [5, 5.41) is 6.40. The van der Waals surface area contributed by atoms with Gasteiger partial charge in [-0.2, -0.15) is 4.98 Å². The predicted molar refractivity (Wildman–Crippen MR) is 82.7 cm³/mol. The molecule has 0 aliphatic carbocycles. The molecule has 1 atom stereocenters. The van der Waals surface area contributed by atoms with Gasteiger partial charge in [0.05, 0.1) is 0 Å². The van der Waals surface area contributed by atoms with Crippen LogP contribution in [0.4, 0.5) is 11.8 Å². The predicted octanol–water partition coefficient (Wildman–Crippen LogP) is 2.08. The van der Waals surface area contributed by atoms with E-state index in [0.29, 0.717) is 17.1 Å². The van der Waals surface area contributed by atoms with Crippen molar-refractivity contribution in [1.82, 2.24) is 15.3 Å². The highest BCUT2D eigenvalue weighted by Gasteiger charge is 2.20. The van der Waals surface area contributed by atoms with Crippen molar-refractivity contribution in [3.05, 3.63) is 11.8 Å². The van der Waals surface area contributed by atoms with Crippen LogP contribution in [0, 0.1) is 6.92 Å². The maximum atomic E-state index is 5.09. The van der Waals surface area contributed by atoms with Crippen molar-refractivity contribution < 1.29 is 0 Å². The Bertz CT molecular complexity index is 462. The van der Waals surface area contributed by atoms with E-state index in [9.17, 15) is 0 Å². The lowest BCUT2D eigenvalue weighted by molar-refractivity contribution is 0.481. The van der Waals surface area contributed by atoms with Crippen molar-refractivity contribution in [3.63, 3.8) is 0 Å². The van der Waals surface area contributed by atoms with E-state index in [2.05, 4.69) is 32.4 Å². The van der Waals surface area contributed by atoms with Crippen LogP contribution in [0.25, 0.3) is 0 Å². The van der Waals surface area contributed by atoms with Crippen LogP contribution in [0.5, 0.6) is 0 Å². The molecule has 0 amide bonds. The molecule has 1 fully saturated rings. The van der Waals surface area contributed by atoms with Crippen molar-refractivity contribution in [2.45, 2.75) is 39.2 Å². The van der Waals surface area contributed by atoms with Gasteiger partial charge < -0.3 is 15.5 Å². The van der Waals surface area contributed by atoms with Crippen LogP contribution in [-0.2, 0) is 0 Å². The van der Waals surface area contributed by atoms with Gasteiger partial charge in [0.25, 0.3) is 0 Å². The zero-order chi connectivity index (χ0) is 13.8. The van der Waals surface area contributed by atoms with Crippen molar-refractivity contribution in [3.8, 4) is 0 Å². The first-order chi connectivity index (χ1) is 9.10. The summed E-state index contributed by atoms with van der Waals surface area (Å²) < 4.78 is 0. The summed E-state index contributed by atoms with van der Waals surface area (Å²) in [5.41, 5.74) is 0.948. The fraction of sp³-hybridized carbons (Fsp3) is 0.615. The van der Waals surface area contributed by atoms with Gasteiger partial charge in [0, 0.05) is 31.4 Å². The lowest BCUT2D eigenvalue weighted by Crippen LogP contribution is -2.38. The van der Waals surface area contributed by atoms with Crippen LogP contribution in [0.3, 0.4) is 0 Å². The number of piperidine rings is 1. The third kappa shape index (κ3) is 3.53. The molecule has 1 saturated heterocycles. The van der Waals surface area contributed by atoms with Gasteiger partial charge in [0.15, 0.2) is 5.11 Å². The van der Waals surface area contributed by atoms with Gasteiger partial charge in [-0.3, -0.25) is 0 Å². The SMILES string of the molecule is CNC(=S)Nc1nc(C)cc(N2CCCC[C@@H]2C)n1. The molecule has 6 heteroatoms. The van der Waals surface area contributed by atoms with E-state index in [-0.39, 0.29) is 0 Å². The second-order valence-electron chi connectivity index (χ2n) is 4.93. The minimum Gasteiger partial charge on any atom is -0.365 e. The van der Waals surface area contributed by atoms with Gasteiger partial charge in [0.2, 0.25) is 5.95 Å². The summed E-state index contributed by atoms with van der Waals surface area (Å²) in [6.07, 6.45) is 3.75. The van der Waals surface area contributed by atoms with Gasteiger partial charge in [-0.1, -0.05) is 0 Å². The van der Waals surface area contributed by atoms with Crippen molar-refractivity contribution in [1.29, 1.82) is 0 Å². The topological polar surface area (TPSA) is 53.1 Å². The molecule has 0 aromatic carbocycles. The smallest absolute Gasteiger partial charge is 0.231 e. The van der Waals surface area contributed by atoms with Crippen LogP contribution in [0.15, 0.2) is 6.07 Å². The highest BCUT2D eigenvalue weighted by molar-refractivity contribution is 7.80. The summed E-state index contributed by atoms with van der Waals surface area (Å²) in [4.78, 5) is 11.3. The Labute approximate surface area is 119 Å². The van der Waals surface area contributed by atoms with E-state index in [0.717, 1.165) is 18.1 Å². The monoisotopic (exact) mass is 279 g/mol. The molecule has 2 heterocycles. The zero-order valence-electron chi connectivity index (χ0n) is 11.7. The van der Waals surface area contributed by atoms with Gasteiger partial charge >= 0.3 is 0 Å². The quantitative estimate of drug-likeness (QED) is 0.809. The molecule has 2 rings (SSSR count). The number of aromatic nitrogens is 2. The molecule has 0 saturated carbocycles. The van der Waals surface area contributed by atoms with Crippen LogP contribution in [-0.4, -0.2) is 34.7 Å². The molecule has 1 aromatic rings. The molecule has 0 unspecified atom stereocenters. The first-order valence-corrected chi connectivity index (χ1v) is 7.12. The van der Waals surface area contributed by atoms with E-state index < -0.39 is 0 Å². The largest absolute Gasteiger partial charge is 0.365 e. The fourth-order valence-corrected chi connectivity index (χ4v) is 2.45.